The minimum atomic E-state index is -5.79. The number of nitrogens with two attached hydrogens (primary N) is 2. The number of rotatable bonds is 18. The van der Waals surface area contributed by atoms with E-state index >= 15 is 0 Å². The molecule has 3 unspecified atom stereocenters. The highest BCUT2D eigenvalue weighted by Crippen LogP contribution is 2.66. The standard InChI is InChI=1S/C26H35N6O15P3S2/c1-26(2,14-27)52-51-16-42-9-5-7-17-11-31(25-23(17)24(28)29-15-30-25)22-10-20(43-12-18-6-3-4-8-19(18)32(33)34)21(45-22)13-44-49(38,39)47-50(40,41)46-48(35,36)37/h3-4,6,8,11,15,20-22H,9-10,12-14,16,27H2,1-2H3,(H,38,39)(H,40,41)(H2,28,29,30)(H2,35,36,37)/t20?,21-,22-/m1/s1. The number of aromatic nitrogens is 3. The highest BCUT2D eigenvalue weighted by molar-refractivity contribution is 8.77. The van der Waals surface area contributed by atoms with Gasteiger partial charge in [0.2, 0.25) is 0 Å². The van der Waals surface area contributed by atoms with Crippen LogP contribution in [0, 0.1) is 22.0 Å². The first-order chi connectivity index (χ1) is 24.3. The Balaban J connectivity index is 1.55. The third-order valence-electron chi connectivity index (χ3n) is 6.89. The van der Waals surface area contributed by atoms with Crippen molar-refractivity contribution in [3.05, 3.63) is 58.0 Å². The summed E-state index contributed by atoms with van der Waals surface area (Å²) in [6.45, 7) is 3.47. The van der Waals surface area contributed by atoms with Crippen LogP contribution in [0.15, 0.2) is 36.8 Å². The van der Waals surface area contributed by atoms with E-state index in [1.165, 1.54) is 35.3 Å². The van der Waals surface area contributed by atoms with E-state index in [1.807, 2.05) is 13.8 Å². The maximum absolute atomic E-state index is 12.5. The SMILES string of the molecule is CC(C)(CN)SSCOCC#Cc1cn([C@H]2CC(OCc3ccccc3[N+](=O)[O-])[C@@H](COP(=O)(O)OP(=O)(O)OP(=O)(O)O)O2)c2ncnc(N)c12. The zero-order chi connectivity index (χ0) is 38.3. The number of fused-ring (bicyclic) bond motifs is 1. The van der Waals surface area contributed by atoms with Gasteiger partial charge in [0.05, 0.1) is 40.8 Å². The number of hydrogen-bond donors (Lipinski definition) is 6. The zero-order valence-corrected chi connectivity index (χ0v) is 31.6. The van der Waals surface area contributed by atoms with Crippen LogP contribution in [0.2, 0.25) is 0 Å². The van der Waals surface area contributed by atoms with Crippen LogP contribution >= 0.6 is 45.1 Å². The number of hydrogen-bond acceptors (Lipinski definition) is 17. The summed E-state index contributed by atoms with van der Waals surface area (Å²) >= 11 is 0. The summed E-state index contributed by atoms with van der Waals surface area (Å²) in [6, 6.07) is 5.79. The van der Waals surface area contributed by atoms with Crippen molar-refractivity contribution >= 4 is 67.6 Å². The molecule has 26 heteroatoms. The molecule has 0 radical (unpaired) electrons. The summed E-state index contributed by atoms with van der Waals surface area (Å²) in [5, 5.41) is 11.9. The van der Waals surface area contributed by atoms with Crippen molar-refractivity contribution in [1.29, 1.82) is 0 Å². The lowest BCUT2D eigenvalue weighted by molar-refractivity contribution is -0.386. The van der Waals surface area contributed by atoms with E-state index in [0.29, 0.717) is 29.1 Å². The number of nitrogens with zero attached hydrogens (tertiary/aromatic N) is 4. The number of nitro groups is 1. The molecule has 5 atom stereocenters. The Bertz CT molecular complexity index is 1950. The second-order valence-corrected chi connectivity index (χ2v) is 18.7. The van der Waals surface area contributed by atoms with E-state index in [-0.39, 0.29) is 41.5 Å². The quantitative estimate of drug-likeness (QED) is 0.0203. The molecule has 1 aliphatic heterocycles. The van der Waals surface area contributed by atoms with Gasteiger partial charge in [-0.05, 0) is 19.9 Å². The molecule has 21 nitrogen and oxygen atoms in total. The van der Waals surface area contributed by atoms with Crippen LogP contribution in [-0.4, -0.2) is 81.7 Å². The monoisotopic (exact) mass is 828 g/mol. The predicted molar refractivity (Wildman–Crippen MR) is 188 cm³/mol. The molecule has 1 saturated heterocycles. The normalized spacial score (nSPS) is 20.2. The molecular weight excluding hydrogens is 793 g/mol. The first-order valence-electron chi connectivity index (χ1n) is 14.8. The Hall–Kier alpha value is -2.45. The second kappa shape index (κ2) is 17.8. The van der Waals surface area contributed by atoms with Crippen LogP contribution in [0.25, 0.3) is 11.0 Å². The lowest BCUT2D eigenvalue weighted by Gasteiger charge is -2.21. The van der Waals surface area contributed by atoms with Gasteiger partial charge in [0.1, 0.15) is 42.7 Å². The smallest absolute Gasteiger partial charge is 0.383 e. The molecule has 3 heterocycles. The summed E-state index contributed by atoms with van der Waals surface area (Å²) in [7, 11) is -13.9. The van der Waals surface area contributed by atoms with E-state index in [0.717, 1.165) is 0 Å². The van der Waals surface area contributed by atoms with Gasteiger partial charge in [-0.25, -0.2) is 23.7 Å². The molecule has 0 bridgehead atoms. The van der Waals surface area contributed by atoms with Crippen LogP contribution in [0.1, 0.15) is 37.6 Å². The van der Waals surface area contributed by atoms with Gasteiger partial charge in [-0.1, -0.05) is 45.6 Å². The van der Waals surface area contributed by atoms with Gasteiger partial charge in [0, 0.05) is 30.0 Å². The molecule has 1 fully saturated rings. The van der Waals surface area contributed by atoms with Gasteiger partial charge in [0.15, 0.2) is 0 Å². The average Bonchev–Trinajstić information content (AvgIpc) is 3.62. The van der Waals surface area contributed by atoms with E-state index in [2.05, 4.69) is 30.4 Å². The molecule has 0 saturated carbocycles. The van der Waals surface area contributed by atoms with Crippen molar-refractivity contribution in [1.82, 2.24) is 14.5 Å². The second-order valence-electron chi connectivity index (χ2n) is 11.3. The van der Waals surface area contributed by atoms with Gasteiger partial charge in [0.25, 0.3) is 5.69 Å². The predicted octanol–water partition coefficient (Wildman–Crippen LogP) is 3.58. The lowest BCUT2D eigenvalue weighted by Crippen LogP contribution is -2.29. The third kappa shape index (κ3) is 12.3. The Kier molecular flexibility index (Phi) is 14.5. The zero-order valence-electron chi connectivity index (χ0n) is 27.3. The Morgan fingerprint density at radius 2 is 1.88 bits per heavy atom. The maximum Gasteiger partial charge on any atom is 0.490 e. The fraction of sp³-hybridized carbons (Fsp3) is 0.462. The van der Waals surface area contributed by atoms with E-state index < -0.39 is 53.4 Å². The van der Waals surface area contributed by atoms with Crippen molar-refractivity contribution in [2.24, 2.45) is 5.73 Å². The first kappa shape index (κ1) is 42.3. The molecule has 1 aliphatic rings. The Morgan fingerprint density at radius 1 is 1.15 bits per heavy atom. The number of benzene rings is 1. The van der Waals surface area contributed by atoms with Gasteiger partial charge in [-0.2, -0.15) is 8.62 Å². The van der Waals surface area contributed by atoms with E-state index in [4.69, 9.17) is 40.0 Å². The molecule has 2 aromatic heterocycles. The van der Waals surface area contributed by atoms with Crippen LogP contribution in [-0.2, 0) is 47.7 Å². The third-order valence-corrected chi connectivity index (χ3v) is 13.7. The van der Waals surface area contributed by atoms with Gasteiger partial charge >= 0.3 is 23.5 Å². The number of phosphoric acid groups is 3. The molecule has 286 valence electrons. The molecule has 4 rings (SSSR count). The number of anilines is 1. The number of para-hydroxylation sites is 1. The fourth-order valence-corrected chi connectivity index (χ4v) is 9.70. The minimum absolute atomic E-state index is 0.00274. The van der Waals surface area contributed by atoms with Gasteiger partial charge in [-0.3, -0.25) is 14.6 Å². The molecule has 1 aromatic carbocycles. The topological polar surface area (TPSA) is 313 Å². The summed E-state index contributed by atoms with van der Waals surface area (Å²) < 4.78 is 66.8. The van der Waals surface area contributed by atoms with E-state index in [9.17, 15) is 33.6 Å². The largest absolute Gasteiger partial charge is 0.490 e. The van der Waals surface area contributed by atoms with Crippen molar-refractivity contribution in [2.45, 2.75) is 50.1 Å². The molecule has 3 aromatic rings. The molecule has 52 heavy (non-hydrogen) atoms. The number of ether oxygens (including phenoxy) is 3. The molecule has 8 N–H and O–H groups in total. The van der Waals surface area contributed by atoms with Gasteiger partial charge in [-0.15, -0.1) is 0 Å². The number of phosphoric ester groups is 1. The highest BCUT2D eigenvalue weighted by Gasteiger charge is 2.44. The maximum atomic E-state index is 12.5. The van der Waals surface area contributed by atoms with Crippen molar-refractivity contribution in [3.63, 3.8) is 0 Å². The van der Waals surface area contributed by atoms with Crippen LogP contribution < -0.4 is 11.5 Å². The Morgan fingerprint density at radius 3 is 2.58 bits per heavy atom. The number of nitro benzene ring substituents is 1. The van der Waals surface area contributed by atoms with E-state index in [1.54, 1.807) is 27.6 Å². The van der Waals surface area contributed by atoms with Crippen molar-refractivity contribution in [2.75, 3.05) is 31.4 Å². The Labute approximate surface area is 304 Å². The number of nitrogen functional groups attached to an aromatic ring is 1. The summed E-state index contributed by atoms with van der Waals surface area (Å²) in [5.41, 5.74) is 12.6. The first-order valence-corrected chi connectivity index (χ1v) is 21.6. The van der Waals surface area contributed by atoms with Crippen molar-refractivity contribution < 1.29 is 65.5 Å². The van der Waals surface area contributed by atoms with Crippen LogP contribution in [0.5, 0.6) is 0 Å². The summed E-state index contributed by atoms with van der Waals surface area (Å²) in [5.74, 6) is 6.37. The lowest BCUT2D eigenvalue weighted by atomic mass is 10.1. The minimum Gasteiger partial charge on any atom is -0.383 e. The molecule has 0 aliphatic carbocycles. The molecule has 0 amide bonds. The van der Waals surface area contributed by atoms with Crippen LogP contribution in [0.4, 0.5) is 11.5 Å². The highest BCUT2D eigenvalue weighted by atomic mass is 33.1. The van der Waals surface area contributed by atoms with Crippen LogP contribution in [0.3, 0.4) is 0 Å². The fourth-order valence-electron chi connectivity index (χ4n) is 4.57. The molecular formula is C26H35N6O15P3S2. The van der Waals surface area contributed by atoms with Gasteiger partial charge < -0.3 is 49.8 Å². The summed E-state index contributed by atoms with van der Waals surface area (Å²) in [4.78, 5) is 56.5. The van der Waals surface area contributed by atoms with Crippen molar-refractivity contribution in [3.8, 4) is 11.8 Å². The molecule has 0 spiro atoms. The average molecular weight is 829 g/mol. The summed E-state index contributed by atoms with van der Waals surface area (Å²) in [6.07, 6.45) is -0.369.